The molecule has 2 aromatic carbocycles. The van der Waals surface area contributed by atoms with Gasteiger partial charge in [0.25, 0.3) is 17.7 Å². The van der Waals surface area contributed by atoms with Crippen molar-refractivity contribution in [1.82, 2.24) is 20.0 Å². The predicted octanol–water partition coefficient (Wildman–Crippen LogP) is 4.42. The van der Waals surface area contributed by atoms with E-state index in [0.29, 0.717) is 12.0 Å². The molecule has 0 radical (unpaired) electrons. The summed E-state index contributed by atoms with van der Waals surface area (Å²) >= 11 is 0. The van der Waals surface area contributed by atoms with Gasteiger partial charge in [-0.25, -0.2) is 4.39 Å². The molecule has 2 aliphatic heterocycles. The van der Waals surface area contributed by atoms with Crippen molar-refractivity contribution in [1.29, 1.82) is 0 Å². The maximum absolute atomic E-state index is 13.5. The first-order valence-electron chi connectivity index (χ1n) is 11.1. The van der Waals surface area contributed by atoms with Crippen LogP contribution in [0.15, 0.2) is 46.9 Å². The van der Waals surface area contributed by atoms with Crippen LogP contribution in [0.5, 0.6) is 0 Å². The van der Waals surface area contributed by atoms with E-state index in [1.165, 1.54) is 23.1 Å². The number of amides is 2. The van der Waals surface area contributed by atoms with Gasteiger partial charge in [-0.15, -0.1) is 10.2 Å². The number of nitrogens with zero attached hydrogens (tertiary/aromatic N) is 4. The molecule has 1 fully saturated rings. The first-order valence-corrected chi connectivity index (χ1v) is 11.1. The zero-order valence-corrected chi connectivity index (χ0v) is 18.6. The van der Waals surface area contributed by atoms with Crippen molar-refractivity contribution in [3.05, 3.63) is 70.9 Å². The van der Waals surface area contributed by atoms with Gasteiger partial charge in [-0.3, -0.25) is 9.59 Å². The van der Waals surface area contributed by atoms with E-state index in [1.807, 2.05) is 0 Å². The van der Waals surface area contributed by atoms with Crippen LogP contribution in [0, 0.1) is 5.82 Å². The van der Waals surface area contributed by atoms with Crippen LogP contribution in [0.2, 0.25) is 0 Å². The molecule has 7 nitrogen and oxygen atoms in total. The fourth-order valence-corrected chi connectivity index (χ4v) is 4.85. The Morgan fingerprint density at radius 3 is 2.47 bits per heavy atom. The summed E-state index contributed by atoms with van der Waals surface area (Å²) in [6, 6.07) is 9.74. The van der Waals surface area contributed by atoms with Crippen LogP contribution in [0.3, 0.4) is 0 Å². The molecule has 36 heavy (non-hydrogen) atoms. The van der Waals surface area contributed by atoms with E-state index in [0.717, 1.165) is 10.5 Å². The molecule has 0 unspecified atom stereocenters. The standard InChI is InChI=1S/C24H19F5N4O3/c25-15-5-3-12(4-6-15)16-7-8-32(24(35)20(28)29)11-18(16)33-10-14-2-1-13(9-17(14)23(33)34)21-30-31-22(36-21)19(26)27/h1-6,9,16,18-20H,7-8,10-11H2/t16-,18+/m0/s1. The van der Waals surface area contributed by atoms with Gasteiger partial charge in [-0.05, 0) is 41.8 Å². The molecular weight excluding hydrogens is 487 g/mol. The number of alkyl halides is 4. The summed E-state index contributed by atoms with van der Waals surface area (Å²) in [6.45, 7) is 0.114. The Balaban J connectivity index is 1.46. The minimum Gasteiger partial charge on any atom is -0.415 e. The maximum Gasteiger partial charge on any atom is 0.315 e. The summed E-state index contributed by atoms with van der Waals surface area (Å²) < 4.78 is 70.4. The third-order valence-electron chi connectivity index (χ3n) is 6.59. The summed E-state index contributed by atoms with van der Waals surface area (Å²) in [6.07, 6.45) is -5.81. The van der Waals surface area contributed by atoms with Crippen LogP contribution in [-0.2, 0) is 11.3 Å². The van der Waals surface area contributed by atoms with Crippen molar-refractivity contribution in [3.63, 3.8) is 0 Å². The van der Waals surface area contributed by atoms with E-state index in [2.05, 4.69) is 10.2 Å². The Kier molecular flexibility index (Phi) is 6.19. The highest BCUT2D eigenvalue weighted by atomic mass is 19.3. The molecule has 5 rings (SSSR count). The zero-order chi connectivity index (χ0) is 25.6. The number of halogens is 5. The fourth-order valence-electron chi connectivity index (χ4n) is 4.85. The van der Waals surface area contributed by atoms with Crippen molar-refractivity contribution in [2.24, 2.45) is 0 Å². The van der Waals surface area contributed by atoms with Crippen LogP contribution in [-0.4, -0.2) is 57.4 Å². The minimum atomic E-state index is -3.17. The second-order valence-electron chi connectivity index (χ2n) is 8.65. The molecule has 2 atom stereocenters. The van der Waals surface area contributed by atoms with Crippen LogP contribution in [0.25, 0.3) is 11.5 Å². The fraction of sp³-hybridized carbons (Fsp3) is 0.333. The van der Waals surface area contributed by atoms with Crippen molar-refractivity contribution in [2.75, 3.05) is 13.1 Å². The molecular formula is C24H19F5N4O3. The highest BCUT2D eigenvalue weighted by Gasteiger charge is 2.42. The maximum atomic E-state index is 13.5. The number of piperidine rings is 1. The third kappa shape index (κ3) is 4.31. The number of hydrogen-bond acceptors (Lipinski definition) is 5. The third-order valence-corrected chi connectivity index (χ3v) is 6.59. The van der Waals surface area contributed by atoms with Crippen LogP contribution < -0.4 is 0 Å². The lowest BCUT2D eigenvalue weighted by molar-refractivity contribution is -0.145. The number of hydrogen-bond donors (Lipinski definition) is 0. The van der Waals surface area contributed by atoms with Gasteiger partial charge in [0.05, 0.1) is 6.04 Å². The lowest BCUT2D eigenvalue weighted by Crippen LogP contribution is -2.54. The molecule has 188 valence electrons. The summed E-state index contributed by atoms with van der Waals surface area (Å²) in [7, 11) is 0. The molecule has 3 heterocycles. The smallest absolute Gasteiger partial charge is 0.315 e. The summed E-state index contributed by atoms with van der Waals surface area (Å²) in [5.41, 5.74) is 1.91. The first kappa shape index (κ1) is 23.9. The number of likely N-dealkylation sites (tertiary alicyclic amines) is 1. The van der Waals surface area contributed by atoms with Crippen molar-refractivity contribution in [2.45, 2.75) is 37.8 Å². The van der Waals surface area contributed by atoms with E-state index in [-0.39, 0.29) is 42.6 Å². The average molecular weight is 506 g/mol. The number of benzene rings is 2. The van der Waals surface area contributed by atoms with E-state index in [4.69, 9.17) is 4.42 Å². The largest absolute Gasteiger partial charge is 0.415 e. The van der Waals surface area contributed by atoms with Gasteiger partial charge < -0.3 is 14.2 Å². The molecule has 0 N–H and O–H groups in total. The SMILES string of the molecule is O=C(C(F)F)N1CC[C@@H](c2ccc(F)cc2)[C@H](N2Cc3ccc(-c4nnc(C(F)F)o4)cc3C2=O)C1. The average Bonchev–Trinajstić information content (AvgIpc) is 3.49. The Morgan fingerprint density at radius 1 is 1.06 bits per heavy atom. The van der Waals surface area contributed by atoms with E-state index >= 15 is 0 Å². The lowest BCUT2D eigenvalue weighted by atomic mass is 9.84. The Hall–Kier alpha value is -3.83. The molecule has 2 amide bonds. The van der Waals surface area contributed by atoms with Gasteiger partial charge in [-0.2, -0.15) is 17.6 Å². The van der Waals surface area contributed by atoms with Crippen LogP contribution >= 0.6 is 0 Å². The molecule has 1 saturated heterocycles. The van der Waals surface area contributed by atoms with Crippen LogP contribution in [0.4, 0.5) is 22.0 Å². The highest BCUT2D eigenvalue weighted by molar-refractivity contribution is 5.99. The number of carbonyl (C=O) groups is 2. The Bertz CT molecular complexity index is 1300. The Labute approximate surface area is 201 Å². The summed E-state index contributed by atoms with van der Waals surface area (Å²) in [5, 5.41) is 6.90. The van der Waals surface area contributed by atoms with Gasteiger partial charge in [0.2, 0.25) is 5.89 Å². The van der Waals surface area contributed by atoms with Gasteiger partial charge in [-0.1, -0.05) is 18.2 Å². The molecule has 0 bridgehead atoms. The first-order chi connectivity index (χ1) is 17.2. The molecule has 0 saturated carbocycles. The predicted molar refractivity (Wildman–Crippen MR) is 115 cm³/mol. The second-order valence-corrected chi connectivity index (χ2v) is 8.65. The monoisotopic (exact) mass is 506 g/mol. The van der Waals surface area contributed by atoms with E-state index in [9.17, 15) is 31.5 Å². The van der Waals surface area contributed by atoms with Gasteiger partial charge in [0.1, 0.15) is 5.82 Å². The van der Waals surface area contributed by atoms with Gasteiger partial charge >= 0.3 is 12.9 Å². The molecule has 12 heteroatoms. The number of carbonyl (C=O) groups excluding carboxylic acids is 2. The molecule has 2 aliphatic rings. The van der Waals surface area contributed by atoms with E-state index < -0.39 is 42.4 Å². The lowest BCUT2D eigenvalue weighted by Gasteiger charge is -2.43. The van der Waals surface area contributed by atoms with Gasteiger partial charge in [0, 0.05) is 36.7 Å². The number of fused-ring (bicyclic) bond motifs is 1. The van der Waals surface area contributed by atoms with Gasteiger partial charge in [0.15, 0.2) is 0 Å². The summed E-state index contributed by atoms with van der Waals surface area (Å²) in [4.78, 5) is 28.1. The van der Waals surface area contributed by atoms with Crippen molar-refractivity contribution >= 4 is 11.8 Å². The topological polar surface area (TPSA) is 79.5 Å². The summed E-state index contributed by atoms with van der Waals surface area (Å²) in [5.74, 6) is -3.50. The molecule has 0 spiro atoms. The Morgan fingerprint density at radius 2 is 1.81 bits per heavy atom. The number of aromatic nitrogens is 2. The minimum absolute atomic E-state index is 0.0739. The van der Waals surface area contributed by atoms with Crippen LogP contribution in [0.1, 0.15) is 46.1 Å². The van der Waals surface area contributed by atoms with Crippen molar-refractivity contribution < 1.29 is 36.0 Å². The number of rotatable bonds is 5. The zero-order valence-electron chi connectivity index (χ0n) is 18.6. The second kappa shape index (κ2) is 9.32. The molecule has 3 aromatic rings. The molecule has 1 aromatic heterocycles. The molecule has 0 aliphatic carbocycles. The normalized spacial score (nSPS) is 19.9. The highest BCUT2D eigenvalue weighted by Crippen LogP contribution is 2.37. The quantitative estimate of drug-likeness (QED) is 0.479. The van der Waals surface area contributed by atoms with Crippen molar-refractivity contribution in [3.8, 4) is 11.5 Å². The van der Waals surface area contributed by atoms with E-state index in [1.54, 1.807) is 24.3 Å².